The number of amides is 1. The average Bonchev–Trinajstić information content (AvgIpc) is 2.64. The van der Waals surface area contributed by atoms with Gasteiger partial charge in [0.25, 0.3) is 5.69 Å². The maximum Gasteiger partial charge on any atom is 0.271 e. The Morgan fingerprint density at radius 1 is 1.12 bits per heavy atom. The molecule has 0 saturated carbocycles. The van der Waals surface area contributed by atoms with Crippen LogP contribution in [0.5, 0.6) is 0 Å². The highest BCUT2D eigenvalue weighted by Gasteiger charge is 2.19. The molecule has 0 unspecified atom stereocenters. The summed E-state index contributed by atoms with van der Waals surface area (Å²) < 4.78 is 0. The number of nitrogens with zero attached hydrogens (tertiary/aromatic N) is 4. The molecule has 1 amide bonds. The number of piperazine rings is 1. The summed E-state index contributed by atoms with van der Waals surface area (Å²) in [5.41, 5.74) is 1.45. The second kappa shape index (κ2) is 8.50. The standard InChI is InChI=1S/C18H21N5O3/c24-18(20-15-5-3-6-17(12-15)23(25)26)14-22-10-8-21(9-11-22)13-16-4-1-2-7-19-16/h1-7,12H,8-11,13-14H2,(H,20,24). The highest BCUT2D eigenvalue weighted by atomic mass is 16.6. The van der Waals surface area contributed by atoms with Crippen LogP contribution in [0.2, 0.25) is 0 Å². The fourth-order valence-electron chi connectivity index (χ4n) is 2.93. The Morgan fingerprint density at radius 2 is 1.88 bits per heavy atom. The first kappa shape index (κ1) is 18.0. The number of hydrogen-bond acceptors (Lipinski definition) is 6. The molecule has 1 fully saturated rings. The largest absolute Gasteiger partial charge is 0.325 e. The van der Waals surface area contributed by atoms with Gasteiger partial charge in [0.2, 0.25) is 5.91 Å². The zero-order chi connectivity index (χ0) is 18.4. The number of nitro groups is 1. The Balaban J connectivity index is 1.45. The van der Waals surface area contributed by atoms with E-state index in [1.807, 2.05) is 18.2 Å². The smallest absolute Gasteiger partial charge is 0.271 e. The van der Waals surface area contributed by atoms with Crippen molar-refractivity contribution in [1.82, 2.24) is 14.8 Å². The molecule has 8 nitrogen and oxygen atoms in total. The lowest BCUT2D eigenvalue weighted by molar-refractivity contribution is -0.384. The number of carbonyl (C=O) groups excluding carboxylic acids is 1. The lowest BCUT2D eigenvalue weighted by Crippen LogP contribution is -2.48. The Labute approximate surface area is 151 Å². The van der Waals surface area contributed by atoms with Crippen molar-refractivity contribution in [3.8, 4) is 0 Å². The molecule has 2 aromatic rings. The lowest BCUT2D eigenvalue weighted by Gasteiger charge is -2.34. The minimum atomic E-state index is -0.476. The van der Waals surface area contributed by atoms with Gasteiger partial charge in [0.15, 0.2) is 0 Å². The van der Waals surface area contributed by atoms with Crippen LogP contribution < -0.4 is 5.32 Å². The van der Waals surface area contributed by atoms with E-state index >= 15 is 0 Å². The van der Waals surface area contributed by atoms with Gasteiger partial charge >= 0.3 is 0 Å². The van der Waals surface area contributed by atoms with Crippen LogP contribution >= 0.6 is 0 Å². The maximum atomic E-state index is 12.2. The van der Waals surface area contributed by atoms with Crippen LogP contribution in [0.4, 0.5) is 11.4 Å². The van der Waals surface area contributed by atoms with E-state index < -0.39 is 4.92 Å². The summed E-state index contributed by atoms with van der Waals surface area (Å²) in [4.78, 5) is 31.2. The van der Waals surface area contributed by atoms with E-state index in [1.165, 1.54) is 12.1 Å². The van der Waals surface area contributed by atoms with Gasteiger partial charge < -0.3 is 5.32 Å². The predicted molar refractivity (Wildman–Crippen MR) is 97.7 cm³/mol. The minimum absolute atomic E-state index is 0.0362. The molecule has 3 rings (SSSR count). The molecule has 1 aromatic heterocycles. The van der Waals surface area contributed by atoms with Crippen molar-refractivity contribution in [1.29, 1.82) is 0 Å². The van der Waals surface area contributed by atoms with E-state index in [4.69, 9.17) is 0 Å². The summed E-state index contributed by atoms with van der Waals surface area (Å²) >= 11 is 0. The number of nitrogens with one attached hydrogen (secondary N) is 1. The number of hydrogen-bond donors (Lipinski definition) is 1. The molecule has 8 heteroatoms. The van der Waals surface area contributed by atoms with Crippen molar-refractivity contribution in [2.45, 2.75) is 6.54 Å². The molecule has 0 radical (unpaired) electrons. The molecule has 136 valence electrons. The third-order valence-electron chi connectivity index (χ3n) is 4.28. The van der Waals surface area contributed by atoms with Gasteiger partial charge in [-0.15, -0.1) is 0 Å². The SMILES string of the molecule is O=C(CN1CCN(Cc2ccccn2)CC1)Nc1cccc([N+](=O)[O-])c1. The molecule has 0 spiro atoms. The maximum absolute atomic E-state index is 12.2. The van der Waals surface area contributed by atoms with Gasteiger partial charge in [0, 0.05) is 56.7 Å². The van der Waals surface area contributed by atoms with Crippen molar-refractivity contribution in [3.05, 3.63) is 64.5 Å². The summed E-state index contributed by atoms with van der Waals surface area (Å²) in [7, 11) is 0. The molecular formula is C18H21N5O3. The number of nitro benzene ring substituents is 1. The number of rotatable bonds is 6. The molecule has 0 atom stereocenters. The van der Waals surface area contributed by atoms with Crippen LogP contribution in [0.3, 0.4) is 0 Å². The monoisotopic (exact) mass is 355 g/mol. The van der Waals surface area contributed by atoms with E-state index in [0.717, 1.165) is 38.4 Å². The minimum Gasteiger partial charge on any atom is -0.325 e. The molecule has 2 heterocycles. The topological polar surface area (TPSA) is 91.6 Å². The van der Waals surface area contributed by atoms with Gasteiger partial charge in [-0.05, 0) is 18.2 Å². The molecule has 1 saturated heterocycles. The summed E-state index contributed by atoms with van der Waals surface area (Å²) in [6, 6.07) is 11.9. The highest BCUT2D eigenvalue weighted by molar-refractivity contribution is 5.92. The van der Waals surface area contributed by atoms with Crippen LogP contribution in [0, 0.1) is 10.1 Å². The Morgan fingerprint density at radius 3 is 2.58 bits per heavy atom. The molecule has 1 aliphatic heterocycles. The third kappa shape index (κ3) is 5.08. The van der Waals surface area contributed by atoms with Gasteiger partial charge in [0.05, 0.1) is 17.2 Å². The van der Waals surface area contributed by atoms with Gasteiger partial charge in [-0.1, -0.05) is 12.1 Å². The van der Waals surface area contributed by atoms with Crippen LogP contribution in [-0.2, 0) is 11.3 Å². The zero-order valence-electron chi connectivity index (χ0n) is 14.4. The third-order valence-corrected chi connectivity index (χ3v) is 4.28. The summed E-state index contributed by atoms with van der Waals surface area (Å²) in [6.45, 7) is 4.44. The number of carbonyl (C=O) groups is 1. The molecular weight excluding hydrogens is 334 g/mol. The number of non-ortho nitro benzene ring substituents is 1. The first-order valence-corrected chi connectivity index (χ1v) is 8.49. The Bertz CT molecular complexity index is 760. The molecule has 26 heavy (non-hydrogen) atoms. The van der Waals surface area contributed by atoms with E-state index in [2.05, 4.69) is 20.1 Å². The van der Waals surface area contributed by atoms with Crippen molar-refractivity contribution in [2.24, 2.45) is 0 Å². The first-order valence-electron chi connectivity index (χ1n) is 8.49. The van der Waals surface area contributed by atoms with Crippen LogP contribution in [0.1, 0.15) is 5.69 Å². The second-order valence-electron chi connectivity index (χ2n) is 6.23. The fourth-order valence-corrected chi connectivity index (χ4v) is 2.93. The predicted octanol–water partition coefficient (Wildman–Crippen LogP) is 1.75. The van der Waals surface area contributed by atoms with Crippen LogP contribution in [0.25, 0.3) is 0 Å². The van der Waals surface area contributed by atoms with Gasteiger partial charge in [-0.3, -0.25) is 29.7 Å². The Hall–Kier alpha value is -2.84. The molecule has 1 aromatic carbocycles. The quantitative estimate of drug-likeness (QED) is 0.627. The van der Waals surface area contributed by atoms with E-state index in [0.29, 0.717) is 5.69 Å². The summed E-state index contributed by atoms with van der Waals surface area (Å²) in [5.74, 6) is -0.163. The summed E-state index contributed by atoms with van der Waals surface area (Å²) in [6.07, 6.45) is 1.80. The number of anilines is 1. The number of benzene rings is 1. The molecule has 0 bridgehead atoms. The number of aromatic nitrogens is 1. The number of pyridine rings is 1. The van der Waals surface area contributed by atoms with Crippen molar-refractivity contribution in [2.75, 3.05) is 38.0 Å². The fraction of sp³-hybridized carbons (Fsp3) is 0.333. The average molecular weight is 355 g/mol. The van der Waals surface area contributed by atoms with Gasteiger partial charge in [0.1, 0.15) is 0 Å². The van der Waals surface area contributed by atoms with E-state index in [1.54, 1.807) is 18.3 Å². The van der Waals surface area contributed by atoms with Crippen LogP contribution in [-0.4, -0.2) is 58.3 Å². The van der Waals surface area contributed by atoms with Crippen molar-refractivity contribution in [3.63, 3.8) is 0 Å². The lowest BCUT2D eigenvalue weighted by atomic mass is 10.2. The Kier molecular flexibility index (Phi) is 5.88. The second-order valence-corrected chi connectivity index (χ2v) is 6.23. The molecule has 0 aliphatic carbocycles. The summed E-state index contributed by atoms with van der Waals surface area (Å²) in [5, 5.41) is 13.5. The molecule has 1 N–H and O–H groups in total. The molecule has 1 aliphatic rings. The van der Waals surface area contributed by atoms with Gasteiger partial charge in [-0.25, -0.2) is 0 Å². The highest BCUT2D eigenvalue weighted by Crippen LogP contribution is 2.17. The zero-order valence-corrected chi connectivity index (χ0v) is 14.4. The van der Waals surface area contributed by atoms with Crippen LogP contribution in [0.15, 0.2) is 48.7 Å². The van der Waals surface area contributed by atoms with Crippen molar-refractivity contribution < 1.29 is 9.72 Å². The van der Waals surface area contributed by atoms with Gasteiger partial charge in [-0.2, -0.15) is 0 Å². The normalized spacial score (nSPS) is 15.5. The van der Waals surface area contributed by atoms with E-state index in [-0.39, 0.29) is 18.1 Å². The first-order chi connectivity index (χ1) is 12.6. The van der Waals surface area contributed by atoms with Crippen molar-refractivity contribution >= 4 is 17.3 Å². The van der Waals surface area contributed by atoms with E-state index in [9.17, 15) is 14.9 Å².